The molecule has 0 spiro atoms. The Morgan fingerprint density at radius 2 is 1.95 bits per heavy atom. The zero-order valence-electron chi connectivity index (χ0n) is 11.5. The van der Waals surface area contributed by atoms with Crippen molar-refractivity contribution in [3.8, 4) is 6.07 Å². The molecule has 110 valence electrons. The van der Waals surface area contributed by atoms with Crippen molar-refractivity contribution in [2.45, 2.75) is 6.54 Å². The zero-order chi connectivity index (χ0) is 15.9. The maximum Gasteiger partial charge on any atom is 0.262 e. The number of amides is 1. The number of halogens is 2. The number of hydrogen-bond acceptors (Lipinski definition) is 2. The first-order chi connectivity index (χ1) is 10.6. The number of hydrogen-bond donors (Lipinski definition) is 1. The first-order valence-electron chi connectivity index (χ1n) is 6.49. The van der Waals surface area contributed by atoms with Gasteiger partial charge < -0.3 is 5.32 Å². The summed E-state index contributed by atoms with van der Waals surface area (Å²) in [7, 11) is 0. The summed E-state index contributed by atoms with van der Waals surface area (Å²) in [6.07, 6.45) is 1.15. The van der Waals surface area contributed by atoms with Crippen LogP contribution in [0.2, 0.25) is 5.02 Å². The summed E-state index contributed by atoms with van der Waals surface area (Å²) in [5.74, 6) is -1.17. The van der Waals surface area contributed by atoms with Gasteiger partial charge in [-0.2, -0.15) is 5.26 Å². The molecule has 0 unspecified atom stereocenters. The molecule has 0 fully saturated rings. The number of benzene rings is 2. The number of carbonyl (C=O) groups excluding carboxylic acids is 1. The highest BCUT2D eigenvalue weighted by Crippen LogP contribution is 2.21. The van der Waals surface area contributed by atoms with E-state index < -0.39 is 11.7 Å². The summed E-state index contributed by atoms with van der Waals surface area (Å²) in [5, 5.41) is 11.8. The topological polar surface area (TPSA) is 52.9 Å². The van der Waals surface area contributed by atoms with Gasteiger partial charge in [-0.3, -0.25) is 4.79 Å². The van der Waals surface area contributed by atoms with Gasteiger partial charge in [0, 0.05) is 12.1 Å². The minimum Gasteiger partial charge on any atom is -0.347 e. The molecule has 3 nitrogen and oxygen atoms in total. The van der Waals surface area contributed by atoms with Gasteiger partial charge in [0.1, 0.15) is 17.5 Å². The normalized spacial score (nSPS) is 10.9. The van der Waals surface area contributed by atoms with Gasteiger partial charge in [-0.05, 0) is 23.8 Å². The van der Waals surface area contributed by atoms with Crippen LogP contribution < -0.4 is 5.32 Å². The largest absolute Gasteiger partial charge is 0.347 e. The average Bonchev–Trinajstić information content (AvgIpc) is 2.53. The van der Waals surface area contributed by atoms with Crippen molar-refractivity contribution >= 4 is 23.6 Å². The fourth-order valence-corrected chi connectivity index (χ4v) is 2.03. The van der Waals surface area contributed by atoms with Crippen molar-refractivity contribution in [1.29, 1.82) is 5.26 Å². The predicted octanol–water partition coefficient (Wildman–Crippen LogP) is 3.70. The molecule has 22 heavy (non-hydrogen) atoms. The average molecular weight is 315 g/mol. The first-order valence-corrected chi connectivity index (χ1v) is 6.87. The lowest BCUT2D eigenvalue weighted by Crippen LogP contribution is -2.23. The van der Waals surface area contributed by atoms with Gasteiger partial charge in [-0.15, -0.1) is 0 Å². The van der Waals surface area contributed by atoms with Crippen molar-refractivity contribution in [1.82, 2.24) is 5.32 Å². The molecule has 0 saturated carbocycles. The van der Waals surface area contributed by atoms with Crippen LogP contribution in [0.5, 0.6) is 0 Å². The van der Waals surface area contributed by atoms with Gasteiger partial charge in [-0.25, -0.2) is 4.39 Å². The van der Waals surface area contributed by atoms with E-state index in [-0.39, 0.29) is 22.7 Å². The van der Waals surface area contributed by atoms with Crippen LogP contribution in [0.4, 0.5) is 4.39 Å². The highest BCUT2D eigenvalue weighted by atomic mass is 35.5. The van der Waals surface area contributed by atoms with E-state index in [1.807, 2.05) is 30.3 Å². The molecule has 2 aromatic carbocycles. The van der Waals surface area contributed by atoms with Gasteiger partial charge in [0.05, 0.1) is 5.02 Å². The van der Waals surface area contributed by atoms with Crippen LogP contribution in [0.1, 0.15) is 11.1 Å². The summed E-state index contributed by atoms with van der Waals surface area (Å²) < 4.78 is 13.7. The van der Waals surface area contributed by atoms with Crippen LogP contribution >= 0.6 is 11.6 Å². The Labute approximate surface area is 132 Å². The lowest BCUT2D eigenvalue weighted by Gasteiger charge is -2.05. The molecule has 0 aliphatic rings. The van der Waals surface area contributed by atoms with Crippen molar-refractivity contribution in [3.05, 3.63) is 76.1 Å². The van der Waals surface area contributed by atoms with Crippen molar-refractivity contribution < 1.29 is 9.18 Å². The van der Waals surface area contributed by atoms with E-state index in [0.717, 1.165) is 11.6 Å². The first kappa shape index (κ1) is 15.7. The second-order valence-electron chi connectivity index (χ2n) is 4.47. The van der Waals surface area contributed by atoms with E-state index >= 15 is 0 Å². The monoisotopic (exact) mass is 314 g/mol. The summed E-state index contributed by atoms with van der Waals surface area (Å²) in [6, 6.07) is 15.2. The molecule has 0 aliphatic carbocycles. The SMILES string of the molecule is N#C/C(=C/c1c(F)cccc1Cl)C(=O)NCc1ccccc1. The van der Waals surface area contributed by atoms with Crippen LogP contribution in [0.25, 0.3) is 6.08 Å². The number of carbonyl (C=O) groups is 1. The Hall–Kier alpha value is -2.64. The van der Waals surface area contributed by atoms with E-state index in [0.29, 0.717) is 0 Å². The molecule has 0 atom stereocenters. The lowest BCUT2D eigenvalue weighted by molar-refractivity contribution is -0.117. The van der Waals surface area contributed by atoms with Crippen molar-refractivity contribution in [2.75, 3.05) is 0 Å². The standard InChI is InChI=1S/C17H12ClFN2O/c18-15-7-4-8-16(19)14(15)9-13(10-20)17(22)21-11-12-5-2-1-3-6-12/h1-9H,11H2,(H,21,22)/b13-9-. The minimum atomic E-state index is -0.587. The molecule has 0 radical (unpaired) electrons. The molecule has 0 heterocycles. The summed E-state index contributed by atoms with van der Waals surface area (Å²) in [5.41, 5.74) is 0.718. The molecule has 0 aliphatic heterocycles. The molecular weight excluding hydrogens is 303 g/mol. The quantitative estimate of drug-likeness (QED) is 0.691. The summed E-state index contributed by atoms with van der Waals surface area (Å²) >= 11 is 5.88. The van der Waals surface area contributed by atoms with E-state index in [1.165, 1.54) is 18.2 Å². The Morgan fingerprint density at radius 3 is 2.59 bits per heavy atom. The lowest BCUT2D eigenvalue weighted by atomic mass is 10.1. The molecule has 1 amide bonds. The predicted molar refractivity (Wildman–Crippen MR) is 83.3 cm³/mol. The summed E-state index contributed by atoms with van der Waals surface area (Å²) in [4.78, 5) is 12.0. The number of nitrogens with zero attached hydrogens (tertiary/aromatic N) is 1. The number of nitrogens with one attached hydrogen (secondary N) is 1. The van der Waals surface area contributed by atoms with Crippen LogP contribution in [-0.2, 0) is 11.3 Å². The van der Waals surface area contributed by atoms with Crippen molar-refractivity contribution in [2.24, 2.45) is 0 Å². The smallest absolute Gasteiger partial charge is 0.262 e. The highest BCUT2D eigenvalue weighted by molar-refractivity contribution is 6.32. The third-order valence-electron chi connectivity index (χ3n) is 2.95. The van der Waals surface area contributed by atoms with Gasteiger partial charge in [0.2, 0.25) is 0 Å². The van der Waals surface area contributed by atoms with Gasteiger partial charge >= 0.3 is 0 Å². The van der Waals surface area contributed by atoms with Crippen LogP contribution in [0.15, 0.2) is 54.1 Å². The van der Waals surface area contributed by atoms with E-state index in [9.17, 15) is 9.18 Å². The number of rotatable bonds is 4. The summed E-state index contributed by atoms with van der Waals surface area (Å²) in [6.45, 7) is 0.281. The van der Waals surface area contributed by atoms with Gasteiger partial charge in [-0.1, -0.05) is 48.0 Å². The van der Waals surface area contributed by atoms with Crippen LogP contribution in [-0.4, -0.2) is 5.91 Å². The molecule has 5 heteroatoms. The van der Waals surface area contributed by atoms with Gasteiger partial charge in [0.25, 0.3) is 5.91 Å². The number of nitriles is 1. The van der Waals surface area contributed by atoms with Crippen LogP contribution in [0.3, 0.4) is 0 Å². The van der Waals surface area contributed by atoms with E-state index in [1.54, 1.807) is 6.07 Å². The van der Waals surface area contributed by atoms with E-state index in [2.05, 4.69) is 5.32 Å². The zero-order valence-corrected chi connectivity index (χ0v) is 12.3. The minimum absolute atomic E-state index is 0.0237. The molecule has 0 aromatic heterocycles. The maximum atomic E-state index is 13.7. The third-order valence-corrected chi connectivity index (χ3v) is 3.28. The fraction of sp³-hybridized carbons (Fsp3) is 0.0588. The molecular formula is C17H12ClFN2O. The molecule has 0 bridgehead atoms. The third kappa shape index (κ3) is 3.94. The van der Waals surface area contributed by atoms with E-state index in [4.69, 9.17) is 16.9 Å². The molecule has 0 saturated heterocycles. The molecule has 1 N–H and O–H groups in total. The van der Waals surface area contributed by atoms with Crippen molar-refractivity contribution in [3.63, 3.8) is 0 Å². The Morgan fingerprint density at radius 1 is 1.23 bits per heavy atom. The second-order valence-corrected chi connectivity index (χ2v) is 4.88. The van der Waals surface area contributed by atoms with Crippen LogP contribution in [0, 0.1) is 17.1 Å². The molecule has 2 aromatic rings. The Bertz CT molecular complexity index is 731. The highest BCUT2D eigenvalue weighted by Gasteiger charge is 2.12. The van der Waals surface area contributed by atoms with Gasteiger partial charge in [0.15, 0.2) is 0 Å². The maximum absolute atomic E-state index is 13.7. The second kappa shape index (κ2) is 7.39. The Balaban J connectivity index is 2.16. The Kier molecular flexibility index (Phi) is 5.29. The fourth-order valence-electron chi connectivity index (χ4n) is 1.81. The molecule has 2 rings (SSSR count).